The van der Waals surface area contributed by atoms with Crippen molar-refractivity contribution in [3.05, 3.63) is 65.2 Å². The van der Waals surface area contributed by atoms with E-state index >= 15 is 0 Å². The lowest BCUT2D eigenvalue weighted by Gasteiger charge is -2.26. The van der Waals surface area contributed by atoms with Gasteiger partial charge in [0.1, 0.15) is 5.75 Å². The normalized spacial score (nSPS) is 16.9. The van der Waals surface area contributed by atoms with Gasteiger partial charge in [-0.05, 0) is 48.6 Å². The number of carbonyl (C=O) groups is 1. The Morgan fingerprint density at radius 1 is 1.25 bits per heavy atom. The van der Waals surface area contributed by atoms with E-state index < -0.39 is 0 Å². The number of benzene rings is 2. The van der Waals surface area contributed by atoms with Crippen LogP contribution in [0.4, 0.5) is 4.79 Å². The first kappa shape index (κ1) is 16.4. The number of nitrogens with zero attached hydrogens (tertiary/aromatic N) is 1. The molecule has 1 N–H and O–H groups in total. The van der Waals surface area contributed by atoms with Crippen molar-refractivity contribution in [2.45, 2.75) is 32.4 Å². The van der Waals surface area contributed by atoms with Crippen LogP contribution < -0.4 is 10.1 Å². The minimum absolute atomic E-state index is 0.00331. The summed E-state index contributed by atoms with van der Waals surface area (Å²) < 4.78 is 5.23. The van der Waals surface area contributed by atoms with E-state index in [1.54, 1.807) is 7.11 Å². The van der Waals surface area contributed by atoms with Crippen LogP contribution in [0.5, 0.6) is 5.75 Å². The summed E-state index contributed by atoms with van der Waals surface area (Å²) in [7, 11) is 1.65. The molecule has 0 bridgehead atoms. The quantitative estimate of drug-likeness (QED) is 0.922. The molecule has 126 valence electrons. The molecule has 1 atom stereocenters. The summed E-state index contributed by atoms with van der Waals surface area (Å²) in [5.41, 5.74) is 3.54. The summed E-state index contributed by atoms with van der Waals surface area (Å²) in [5, 5.41) is 3.04. The molecule has 1 fully saturated rings. The van der Waals surface area contributed by atoms with Crippen LogP contribution in [0.15, 0.2) is 48.5 Å². The Morgan fingerprint density at radius 2 is 2.08 bits per heavy atom. The van der Waals surface area contributed by atoms with Crippen molar-refractivity contribution in [1.29, 1.82) is 0 Å². The maximum absolute atomic E-state index is 12.7. The van der Waals surface area contributed by atoms with Crippen molar-refractivity contribution in [2.75, 3.05) is 13.7 Å². The van der Waals surface area contributed by atoms with Crippen molar-refractivity contribution in [1.82, 2.24) is 10.2 Å². The smallest absolute Gasteiger partial charge is 0.318 e. The summed E-state index contributed by atoms with van der Waals surface area (Å²) >= 11 is 0. The Balaban J connectivity index is 1.66. The van der Waals surface area contributed by atoms with Gasteiger partial charge in [0.05, 0.1) is 13.2 Å². The van der Waals surface area contributed by atoms with Gasteiger partial charge in [-0.1, -0.05) is 36.4 Å². The summed E-state index contributed by atoms with van der Waals surface area (Å²) in [5.74, 6) is 0.806. The molecule has 1 aliphatic heterocycles. The highest BCUT2D eigenvalue weighted by molar-refractivity contribution is 5.75. The van der Waals surface area contributed by atoms with Gasteiger partial charge in [0.2, 0.25) is 0 Å². The molecule has 3 rings (SSSR count). The first-order valence-corrected chi connectivity index (χ1v) is 8.42. The lowest BCUT2D eigenvalue weighted by molar-refractivity contribution is 0.192. The number of methoxy groups -OCH3 is 1. The third-order valence-electron chi connectivity index (χ3n) is 4.64. The monoisotopic (exact) mass is 324 g/mol. The molecule has 0 aromatic heterocycles. The van der Waals surface area contributed by atoms with Crippen molar-refractivity contribution >= 4 is 6.03 Å². The molecule has 24 heavy (non-hydrogen) atoms. The standard InChI is InChI=1S/C20H24N2O2/c1-15-7-3-4-10-18(15)19-11-6-12-22(19)20(23)21-14-16-8-5-9-17(13-16)24-2/h3-5,7-10,13,19H,6,11-12,14H2,1-2H3,(H,21,23). The topological polar surface area (TPSA) is 41.6 Å². The Hall–Kier alpha value is -2.49. The highest BCUT2D eigenvalue weighted by Gasteiger charge is 2.30. The first-order chi connectivity index (χ1) is 11.7. The zero-order chi connectivity index (χ0) is 16.9. The van der Waals surface area contributed by atoms with Crippen LogP contribution in [0, 0.1) is 6.92 Å². The number of urea groups is 1. The van der Waals surface area contributed by atoms with Crippen LogP contribution in [0.25, 0.3) is 0 Å². The Morgan fingerprint density at radius 3 is 2.88 bits per heavy atom. The van der Waals surface area contributed by atoms with E-state index in [4.69, 9.17) is 4.74 Å². The number of hydrogen-bond donors (Lipinski definition) is 1. The summed E-state index contributed by atoms with van der Waals surface area (Å²) in [6, 6.07) is 16.3. The lowest BCUT2D eigenvalue weighted by Crippen LogP contribution is -2.39. The Bertz CT molecular complexity index is 714. The van der Waals surface area contributed by atoms with Crippen LogP contribution in [-0.2, 0) is 6.54 Å². The van der Waals surface area contributed by atoms with Crippen molar-refractivity contribution in [3.63, 3.8) is 0 Å². The Kier molecular flexibility index (Phi) is 5.04. The predicted octanol–water partition coefficient (Wildman–Crippen LogP) is 4.05. The van der Waals surface area contributed by atoms with Gasteiger partial charge >= 0.3 is 6.03 Å². The fourth-order valence-electron chi connectivity index (χ4n) is 3.36. The number of ether oxygens (including phenoxy) is 1. The highest BCUT2D eigenvalue weighted by atomic mass is 16.5. The highest BCUT2D eigenvalue weighted by Crippen LogP contribution is 2.33. The van der Waals surface area contributed by atoms with Gasteiger partial charge in [0, 0.05) is 13.1 Å². The molecule has 4 heteroatoms. The van der Waals surface area contributed by atoms with Crippen LogP contribution in [0.2, 0.25) is 0 Å². The molecular formula is C20H24N2O2. The van der Waals surface area contributed by atoms with Gasteiger partial charge in [-0.15, -0.1) is 0 Å². The second-order valence-corrected chi connectivity index (χ2v) is 6.22. The molecular weight excluding hydrogens is 300 g/mol. The summed E-state index contributed by atoms with van der Waals surface area (Å²) in [4.78, 5) is 14.6. The second kappa shape index (κ2) is 7.39. The second-order valence-electron chi connectivity index (χ2n) is 6.22. The Labute approximate surface area is 143 Å². The number of nitrogens with one attached hydrogen (secondary N) is 1. The molecule has 0 saturated carbocycles. The van der Waals surface area contributed by atoms with Crippen molar-refractivity contribution in [2.24, 2.45) is 0 Å². The molecule has 0 radical (unpaired) electrons. The van der Waals surface area contributed by atoms with E-state index in [2.05, 4.69) is 24.4 Å². The van der Waals surface area contributed by atoms with Crippen LogP contribution in [0.3, 0.4) is 0 Å². The van der Waals surface area contributed by atoms with E-state index in [1.807, 2.05) is 41.3 Å². The maximum Gasteiger partial charge on any atom is 0.318 e. The number of hydrogen-bond acceptors (Lipinski definition) is 2. The SMILES string of the molecule is COc1cccc(CNC(=O)N2CCCC2c2ccccc2C)c1. The van der Waals surface area contributed by atoms with Crippen LogP contribution in [-0.4, -0.2) is 24.6 Å². The van der Waals surface area contributed by atoms with E-state index in [-0.39, 0.29) is 12.1 Å². The van der Waals surface area contributed by atoms with E-state index in [1.165, 1.54) is 11.1 Å². The minimum Gasteiger partial charge on any atom is -0.497 e. The van der Waals surface area contributed by atoms with Crippen molar-refractivity contribution < 1.29 is 9.53 Å². The zero-order valence-corrected chi connectivity index (χ0v) is 14.3. The average Bonchev–Trinajstić information content (AvgIpc) is 3.10. The summed E-state index contributed by atoms with van der Waals surface area (Å²) in [6.07, 6.45) is 2.07. The maximum atomic E-state index is 12.7. The van der Waals surface area contributed by atoms with Crippen LogP contribution in [0.1, 0.15) is 35.6 Å². The molecule has 1 heterocycles. The molecule has 0 spiro atoms. The average molecular weight is 324 g/mol. The van der Waals surface area contributed by atoms with E-state index in [0.29, 0.717) is 6.54 Å². The van der Waals surface area contributed by atoms with Crippen LogP contribution >= 0.6 is 0 Å². The zero-order valence-electron chi connectivity index (χ0n) is 14.3. The first-order valence-electron chi connectivity index (χ1n) is 8.42. The molecule has 1 saturated heterocycles. The fourth-order valence-corrected chi connectivity index (χ4v) is 3.36. The van der Waals surface area contributed by atoms with Gasteiger partial charge < -0.3 is 15.0 Å². The van der Waals surface area contributed by atoms with Gasteiger partial charge in [-0.3, -0.25) is 0 Å². The van der Waals surface area contributed by atoms with Gasteiger partial charge in [0.15, 0.2) is 0 Å². The van der Waals surface area contributed by atoms with E-state index in [9.17, 15) is 4.79 Å². The van der Waals surface area contributed by atoms with Gasteiger partial charge in [-0.2, -0.15) is 0 Å². The number of carbonyl (C=O) groups excluding carboxylic acids is 1. The molecule has 2 aromatic carbocycles. The summed E-state index contributed by atoms with van der Waals surface area (Å²) in [6.45, 7) is 3.43. The minimum atomic E-state index is 0.00331. The third kappa shape index (κ3) is 3.53. The van der Waals surface area contributed by atoms with E-state index in [0.717, 1.165) is 30.7 Å². The van der Waals surface area contributed by atoms with Gasteiger partial charge in [0.25, 0.3) is 0 Å². The largest absolute Gasteiger partial charge is 0.497 e. The lowest BCUT2D eigenvalue weighted by atomic mass is 9.99. The fraction of sp³-hybridized carbons (Fsp3) is 0.350. The number of amides is 2. The predicted molar refractivity (Wildman–Crippen MR) is 95.1 cm³/mol. The molecule has 2 aromatic rings. The molecule has 1 unspecified atom stereocenters. The molecule has 2 amide bonds. The molecule has 1 aliphatic rings. The number of likely N-dealkylation sites (tertiary alicyclic amines) is 1. The number of aryl methyl sites for hydroxylation is 1. The molecule has 4 nitrogen and oxygen atoms in total. The van der Waals surface area contributed by atoms with Crippen molar-refractivity contribution in [3.8, 4) is 5.75 Å². The third-order valence-corrected chi connectivity index (χ3v) is 4.64. The van der Waals surface area contributed by atoms with Gasteiger partial charge in [-0.25, -0.2) is 4.79 Å². The molecule has 0 aliphatic carbocycles. The number of rotatable bonds is 4.